The quantitative estimate of drug-likeness (QED) is 0.0747. The first-order valence-electron chi connectivity index (χ1n) is 31.9. The van der Waals surface area contributed by atoms with Crippen molar-refractivity contribution in [3.8, 4) is 23.0 Å². The summed E-state index contributed by atoms with van der Waals surface area (Å²) in [5, 5.41) is 25.0. The first kappa shape index (κ1) is 66.2. The fourth-order valence-corrected chi connectivity index (χ4v) is 13.4. The molecule has 4 aromatic carbocycles. The smallest absolute Gasteiger partial charge is 0.255 e. The summed E-state index contributed by atoms with van der Waals surface area (Å²) in [6, 6.07) is 13.3. The highest BCUT2D eigenvalue weighted by molar-refractivity contribution is 6.07. The third-order valence-electron chi connectivity index (χ3n) is 17.6. The van der Waals surface area contributed by atoms with Crippen molar-refractivity contribution in [2.45, 2.75) is 179 Å². The summed E-state index contributed by atoms with van der Waals surface area (Å²) >= 11 is 0. The van der Waals surface area contributed by atoms with Crippen LogP contribution in [0.4, 0.5) is 0 Å². The van der Waals surface area contributed by atoms with Crippen molar-refractivity contribution >= 4 is 47.8 Å². The molecule has 1 aliphatic heterocycles. The molecular formula is C68H88N8O14. The summed E-state index contributed by atoms with van der Waals surface area (Å²) < 4.78 is 36.0. The number of nitrogens with one attached hydrogen (secondary N) is 8. The van der Waals surface area contributed by atoms with Gasteiger partial charge in [-0.1, -0.05) is 11.6 Å². The molecule has 8 amide bonds. The van der Waals surface area contributed by atoms with Crippen molar-refractivity contribution in [3.05, 3.63) is 116 Å². The van der Waals surface area contributed by atoms with Gasteiger partial charge >= 0.3 is 0 Å². The Labute approximate surface area is 526 Å². The van der Waals surface area contributed by atoms with Crippen molar-refractivity contribution in [3.63, 3.8) is 0 Å². The Morgan fingerprint density at radius 2 is 0.811 bits per heavy atom. The number of carbonyl (C=O) groups excluding carboxylic acids is 8. The predicted octanol–water partition coefficient (Wildman–Crippen LogP) is 6.94. The minimum absolute atomic E-state index is 0.0335. The average Bonchev–Trinajstić information content (AvgIpc) is 0.940. The van der Waals surface area contributed by atoms with E-state index in [9.17, 15) is 38.4 Å². The zero-order chi connectivity index (χ0) is 63.8. The Morgan fingerprint density at radius 3 is 1.24 bits per heavy atom. The summed E-state index contributed by atoms with van der Waals surface area (Å²) in [5.41, 5.74) is 4.30. The third kappa shape index (κ3) is 17.4. The Hall–Kier alpha value is -8.24. The van der Waals surface area contributed by atoms with E-state index in [4.69, 9.17) is 28.4 Å². The van der Waals surface area contributed by atoms with Crippen LogP contribution in [0.25, 0.3) is 0 Å². The van der Waals surface area contributed by atoms with E-state index < -0.39 is 35.4 Å². The largest absolute Gasteiger partial charge is 0.496 e. The number of hydrogen-bond donors (Lipinski definition) is 8. The van der Waals surface area contributed by atoms with E-state index in [-0.39, 0.29) is 145 Å². The van der Waals surface area contributed by atoms with Crippen LogP contribution in [0.15, 0.2) is 54.6 Å². The minimum atomic E-state index is -0.462. The fourth-order valence-electron chi connectivity index (χ4n) is 13.4. The summed E-state index contributed by atoms with van der Waals surface area (Å²) in [5.74, 6) is -2.20. The van der Waals surface area contributed by atoms with Gasteiger partial charge in [-0.3, -0.25) is 38.4 Å². The number of benzene rings is 4. The van der Waals surface area contributed by atoms with Crippen molar-refractivity contribution in [1.82, 2.24) is 42.5 Å². The predicted molar refractivity (Wildman–Crippen MR) is 336 cm³/mol. The van der Waals surface area contributed by atoms with Crippen LogP contribution in [0.5, 0.6) is 23.0 Å². The minimum Gasteiger partial charge on any atom is -0.496 e. The van der Waals surface area contributed by atoms with Crippen LogP contribution < -0.4 is 61.5 Å². The number of amides is 8. The van der Waals surface area contributed by atoms with Crippen molar-refractivity contribution in [1.29, 1.82) is 0 Å². The molecule has 8 N–H and O–H groups in total. The Balaban J connectivity index is 0.952. The molecule has 9 rings (SSSR count). The Morgan fingerprint density at radius 1 is 0.444 bits per heavy atom. The maximum atomic E-state index is 14.7. The Bertz CT molecular complexity index is 3280. The second-order valence-corrected chi connectivity index (χ2v) is 24.7. The van der Waals surface area contributed by atoms with Crippen LogP contribution in [0.3, 0.4) is 0 Å². The zero-order valence-electron chi connectivity index (χ0n) is 52.7. The fraction of sp³-hybridized carbons (Fsp3) is 0.529. The molecule has 4 aromatic rings. The van der Waals surface area contributed by atoms with Gasteiger partial charge in [0.1, 0.15) is 36.2 Å². The highest BCUT2D eigenvalue weighted by Gasteiger charge is 2.34. The lowest BCUT2D eigenvalue weighted by Crippen LogP contribution is -2.46. The average molecular weight is 1240 g/mol. The van der Waals surface area contributed by atoms with Gasteiger partial charge in [-0.15, -0.1) is 0 Å². The lowest BCUT2D eigenvalue weighted by molar-refractivity contribution is -0.110. The number of rotatable bonds is 10. The summed E-state index contributed by atoms with van der Waals surface area (Å²) in [6.45, 7) is 7.63. The van der Waals surface area contributed by atoms with Gasteiger partial charge in [-0.25, -0.2) is 0 Å². The molecule has 22 heteroatoms. The van der Waals surface area contributed by atoms with Gasteiger partial charge in [0.25, 0.3) is 41.4 Å². The first-order chi connectivity index (χ1) is 43.5. The molecule has 0 saturated heterocycles. The number of hydrogen-bond acceptors (Lipinski definition) is 14. The molecule has 4 aliphatic carbocycles. The molecule has 4 fully saturated rings. The van der Waals surface area contributed by atoms with Crippen LogP contribution in [0, 0.1) is 27.7 Å². The normalized spacial score (nSPS) is 24.1. The molecule has 484 valence electrons. The lowest BCUT2D eigenvalue weighted by atomic mass is 9.89. The topological polar surface area (TPSA) is 288 Å². The van der Waals surface area contributed by atoms with Crippen molar-refractivity contribution in [2.24, 2.45) is 0 Å². The van der Waals surface area contributed by atoms with E-state index in [0.717, 1.165) is 31.2 Å². The van der Waals surface area contributed by atoms with Crippen molar-refractivity contribution < 1.29 is 66.8 Å². The van der Waals surface area contributed by atoms with Crippen LogP contribution in [0.2, 0.25) is 0 Å². The number of fused-ring (bicyclic) bond motifs is 8. The highest BCUT2D eigenvalue weighted by Crippen LogP contribution is 2.33. The number of carbonyl (C=O) groups is 8. The molecule has 6 bridgehead atoms. The first-order valence-corrected chi connectivity index (χ1v) is 31.9. The van der Waals surface area contributed by atoms with Gasteiger partial charge in [-0.2, -0.15) is 0 Å². The molecule has 8 atom stereocenters. The molecular weight excluding hydrogens is 1150 g/mol. The Kier molecular flexibility index (Phi) is 23.1. The number of aryl methyl sites for hydroxylation is 4. The maximum Gasteiger partial charge on any atom is 0.255 e. The molecule has 4 saturated carbocycles. The highest BCUT2D eigenvalue weighted by atomic mass is 16.6. The maximum absolute atomic E-state index is 14.7. The van der Waals surface area contributed by atoms with E-state index in [2.05, 4.69) is 42.5 Å². The molecule has 90 heavy (non-hydrogen) atoms. The van der Waals surface area contributed by atoms with Gasteiger partial charge in [0.15, 0.2) is 0 Å². The second kappa shape index (κ2) is 31.5. The lowest BCUT2D eigenvalue weighted by Gasteiger charge is -2.31. The van der Waals surface area contributed by atoms with Crippen LogP contribution in [-0.4, -0.2) is 150 Å². The molecule has 1 heterocycles. The molecule has 0 aromatic heterocycles. The molecule has 0 spiro atoms. The summed E-state index contributed by atoms with van der Waals surface area (Å²) in [7, 11) is 2.94. The van der Waals surface area contributed by atoms with Gasteiger partial charge in [-0.05, 0) is 196 Å². The summed E-state index contributed by atoms with van der Waals surface area (Å²) in [6.07, 6.45) is 10.9. The molecule has 22 nitrogen and oxygen atoms in total. The van der Waals surface area contributed by atoms with Gasteiger partial charge < -0.3 is 71.0 Å². The zero-order valence-corrected chi connectivity index (χ0v) is 52.7. The van der Waals surface area contributed by atoms with E-state index in [0.29, 0.717) is 111 Å². The van der Waals surface area contributed by atoms with Crippen LogP contribution in [-0.2, 0) is 14.3 Å². The molecule has 0 radical (unpaired) electrons. The second-order valence-electron chi connectivity index (χ2n) is 24.7. The molecule has 8 unspecified atom stereocenters. The van der Waals surface area contributed by atoms with Crippen LogP contribution >= 0.6 is 0 Å². The van der Waals surface area contributed by atoms with E-state index in [1.807, 2.05) is 13.0 Å². The van der Waals surface area contributed by atoms with Crippen LogP contribution in [0.1, 0.15) is 197 Å². The SMILES string of the molecule is COc1ccc(C)cc1C(=O)NC1CCCC(NC(=O)c2cc(C)cc3c2OCCOCCOCCOc2c(C(=O)NC4CCCC(NC=O)C4)cc(C)cc2C(=O)NC2CCCC(C2)NC(=O)c2cc(C)cc(c2OC)C(=O)NC2CCCC(C2)NC3=O)C1. The van der Waals surface area contributed by atoms with Gasteiger partial charge in [0.2, 0.25) is 6.41 Å². The number of ether oxygens (including phenoxy) is 6. The summed E-state index contributed by atoms with van der Waals surface area (Å²) in [4.78, 5) is 112. The third-order valence-corrected chi connectivity index (χ3v) is 17.6. The van der Waals surface area contributed by atoms with E-state index in [1.54, 1.807) is 69.3 Å². The monoisotopic (exact) mass is 1240 g/mol. The standard InChI is InChI=1S/C68H88N8O14/c1-39-19-20-58(85-5)51(27-39)62(78)70-45-13-8-16-48(35-45)74-66(82)56-32-42(4)33-57-61(56)90-26-24-88-22-21-87-23-25-89-60-54(65(81)71-44-12-7-11-43(34-44)69-38-77)30-41(3)31-55(60)67(83)75-49-17-9-14-46(36-49)72-63(79)52-28-40(2)29-53(59(52)86-6)64(80)73-47-15-10-18-50(37-47)76-68(57)84/h19-20,27-33,38,43-50H,7-18,21-26,34-37H2,1-6H3,(H,69,77)(H,70,78)(H,71,81)(H,72,79)(H,73,80)(H,74,82)(H,75,83)(H,76,84). The van der Waals surface area contributed by atoms with Gasteiger partial charge in [0.05, 0.1) is 79.6 Å². The van der Waals surface area contributed by atoms with Gasteiger partial charge in [0, 0.05) is 48.3 Å². The number of methoxy groups -OCH3 is 2. The van der Waals surface area contributed by atoms with E-state index in [1.165, 1.54) is 14.2 Å². The molecule has 5 aliphatic rings. The van der Waals surface area contributed by atoms with Crippen molar-refractivity contribution in [2.75, 3.05) is 53.9 Å². The van der Waals surface area contributed by atoms with E-state index >= 15 is 0 Å².